The van der Waals surface area contributed by atoms with Gasteiger partial charge in [0.15, 0.2) is 0 Å². The van der Waals surface area contributed by atoms with Crippen molar-refractivity contribution in [3.8, 4) is 0 Å². The van der Waals surface area contributed by atoms with Gasteiger partial charge >= 0.3 is 0 Å². The lowest BCUT2D eigenvalue weighted by Gasteiger charge is -2.38. The van der Waals surface area contributed by atoms with E-state index in [9.17, 15) is 0 Å². The smallest absolute Gasteiger partial charge is 0.0705 e. The second kappa shape index (κ2) is 5.13. The highest BCUT2D eigenvalue weighted by Crippen LogP contribution is 2.37. The summed E-state index contributed by atoms with van der Waals surface area (Å²) in [5.74, 6) is 1.68. The monoisotopic (exact) mass is 200 g/mol. The topological polar surface area (TPSA) is 29.5 Å². The molecule has 1 aliphatic rings. The van der Waals surface area contributed by atoms with Gasteiger partial charge in [-0.15, -0.1) is 0 Å². The summed E-state index contributed by atoms with van der Waals surface area (Å²) >= 11 is 0. The van der Waals surface area contributed by atoms with Crippen LogP contribution in [0.4, 0.5) is 0 Å². The molecule has 1 saturated carbocycles. The van der Waals surface area contributed by atoms with Crippen molar-refractivity contribution < 1.29 is 9.84 Å². The summed E-state index contributed by atoms with van der Waals surface area (Å²) in [4.78, 5) is 0. The second-order valence-electron chi connectivity index (χ2n) is 5.10. The highest BCUT2D eigenvalue weighted by Gasteiger charge is 2.32. The van der Waals surface area contributed by atoms with Crippen molar-refractivity contribution in [3.05, 3.63) is 0 Å². The normalized spacial score (nSPS) is 33.6. The number of rotatable bonds is 4. The summed E-state index contributed by atoms with van der Waals surface area (Å²) in [5, 5.41) is 8.73. The first-order chi connectivity index (χ1) is 6.57. The minimum absolute atomic E-state index is 0.0358. The van der Waals surface area contributed by atoms with Crippen molar-refractivity contribution in [1.29, 1.82) is 0 Å². The molecule has 0 saturated heterocycles. The zero-order valence-electron chi connectivity index (χ0n) is 9.75. The van der Waals surface area contributed by atoms with Crippen molar-refractivity contribution in [2.75, 3.05) is 13.2 Å². The molecule has 0 aromatic carbocycles. The number of hydrogen-bond acceptors (Lipinski definition) is 2. The molecule has 2 heteroatoms. The van der Waals surface area contributed by atoms with Gasteiger partial charge in [0, 0.05) is 0 Å². The van der Waals surface area contributed by atoms with Gasteiger partial charge in [-0.1, -0.05) is 13.8 Å². The van der Waals surface area contributed by atoms with Gasteiger partial charge in [-0.3, -0.25) is 0 Å². The Balaban J connectivity index is 2.33. The van der Waals surface area contributed by atoms with Gasteiger partial charge in [0.05, 0.1) is 18.8 Å². The average Bonchev–Trinajstić information content (AvgIpc) is 2.16. The number of hydrogen-bond donors (Lipinski definition) is 1. The first-order valence-corrected chi connectivity index (χ1v) is 5.82. The Morgan fingerprint density at radius 3 is 2.36 bits per heavy atom. The molecule has 0 aromatic rings. The van der Waals surface area contributed by atoms with Crippen molar-refractivity contribution in [3.63, 3.8) is 0 Å². The van der Waals surface area contributed by atoms with Crippen molar-refractivity contribution in [1.82, 2.24) is 0 Å². The molecule has 2 nitrogen and oxygen atoms in total. The van der Waals surface area contributed by atoms with E-state index in [4.69, 9.17) is 9.84 Å². The summed E-state index contributed by atoms with van der Waals surface area (Å²) < 4.78 is 5.70. The molecule has 0 aromatic heterocycles. The fourth-order valence-electron chi connectivity index (χ4n) is 2.35. The summed E-state index contributed by atoms with van der Waals surface area (Å²) in [6.07, 6.45) is 4.85. The van der Waals surface area contributed by atoms with Crippen LogP contribution in [0.5, 0.6) is 0 Å². The third-order valence-electron chi connectivity index (χ3n) is 3.57. The molecule has 0 aliphatic heterocycles. The third kappa shape index (κ3) is 3.25. The number of aliphatic hydroxyl groups excluding tert-OH is 1. The molecule has 84 valence electrons. The first kappa shape index (κ1) is 12.0. The van der Waals surface area contributed by atoms with Gasteiger partial charge in [0.1, 0.15) is 0 Å². The lowest BCUT2D eigenvalue weighted by molar-refractivity contribution is -0.0777. The van der Waals surface area contributed by atoms with Gasteiger partial charge in [-0.25, -0.2) is 0 Å². The number of aliphatic hydroxyl groups is 1. The lowest BCUT2D eigenvalue weighted by atomic mass is 9.75. The zero-order chi connectivity index (χ0) is 10.6. The van der Waals surface area contributed by atoms with E-state index < -0.39 is 0 Å². The molecule has 0 atom stereocenters. The average molecular weight is 200 g/mol. The second-order valence-corrected chi connectivity index (χ2v) is 5.10. The van der Waals surface area contributed by atoms with E-state index in [1.165, 1.54) is 12.8 Å². The van der Waals surface area contributed by atoms with E-state index in [0.29, 0.717) is 6.61 Å². The molecule has 0 bridgehead atoms. The number of ether oxygens (including phenoxy) is 1. The van der Waals surface area contributed by atoms with Crippen LogP contribution in [-0.4, -0.2) is 23.9 Å². The van der Waals surface area contributed by atoms with E-state index in [1.54, 1.807) is 0 Å². The minimum Gasteiger partial charge on any atom is -0.394 e. The maximum Gasteiger partial charge on any atom is 0.0705 e. The zero-order valence-corrected chi connectivity index (χ0v) is 9.75. The Morgan fingerprint density at radius 1 is 1.36 bits per heavy atom. The van der Waals surface area contributed by atoms with Crippen LogP contribution in [0.2, 0.25) is 0 Å². The fourth-order valence-corrected chi connectivity index (χ4v) is 2.35. The molecule has 1 fully saturated rings. The van der Waals surface area contributed by atoms with Crippen molar-refractivity contribution in [2.24, 2.45) is 11.8 Å². The maximum absolute atomic E-state index is 8.73. The van der Waals surface area contributed by atoms with Crippen LogP contribution in [0.15, 0.2) is 0 Å². The minimum atomic E-state index is 0.0358. The third-order valence-corrected chi connectivity index (χ3v) is 3.57. The van der Waals surface area contributed by atoms with Crippen LogP contribution >= 0.6 is 0 Å². The standard InChI is InChI=1S/C12H24O2/c1-10(2)11-4-6-12(3,7-5-11)14-9-8-13/h10-11,13H,4-9H2,1-3H3. The highest BCUT2D eigenvalue weighted by molar-refractivity contribution is 4.84. The van der Waals surface area contributed by atoms with Crippen LogP contribution in [0.3, 0.4) is 0 Å². The molecule has 1 N–H and O–H groups in total. The van der Waals surface area contributed by atoms with Crippen LogP contribution < -0.4 is 0 Å². The van der Waals surface area contributed by atoms with Crippen molar-refractivity contribution >= 4 is 0 Å². The largest absolute Gasteiger partial charge is 0.394 e. The Hall–Kier alpha value is -0.0800. The highest BCUT2D eigenvalue weighted by atomic mass is 16.5. The molecule has 0 heterocycles. The Morgan fingerprint density at radius 2 is 1.93 bits per heavy atom. The molecular weight excluding hydrogens is 176 g/mol. The quantitative estimate of drug-likeness (QED) is 0.756. The summed E-state index contributed by atoms with van der Waals surface area (Å²) in [7, 11) is 0. The molecule has 1 aliphatic carbocycles. The van der Waals surface area contributed by atoms with Crippen LogP contribution in [0, 0.1) is 11.8 Å². The van der Waals surface area contributed by atoms with E-state index in [-0.39, 0.29) is 12.2 Å². The van der Waals surface area contributed by atoms with Crippen LogP contribution in [-0.2, 0) is 4.74 Å². The first-order valence-electron chi connectivity index (χ1n) is 5.82. The maximum atomic E-state index is 8.73. The molecule has 0 unspecified atom stereocenters. The molecule has 14 heavy (non-hydrogen) atoms. The summed E-state index contributed by atoms with van der Waals surface area (Å²) in [6, 6.07) is 0. The van der Waals surface area contributed by atoms with Crippen LogP contribution in [0.25, 0.3) is 0 Å². The Bertz CT molecular complexity index is 158. The Labute approximate surface area is 87.7 Å². The van der Waals surface area contributed by atoms with Gasteiger partial charge < -0.3 is 9.84 Å². The lowest BCUT2D eigenvalue weighted by Crippen LogP contribution is -2.35. The molecule has 0 radical (unpaired) electrons. The van der Waals surface area contributed by atoms with E-state index in [1.807, 2.05) is 0 Å². The molecule has 0 spiro atoms. The predicted molar refractivity (Wildman–Crippen MR) is 58.2 cm³/mol. The summed E-state index contributed by atoms with van der Waals surface area (Å²) in [5.41, 5.74) is 0.0358. The Kier molecular flexibility index (Phi) is 4.39. The molecule has 1 rings (SSSR count). The predicted octanol–water partition coefficient (Wildman–Crippen LogP) is 2.60. The van der Waals surface area contributed by atoms with Gasteiger partial charge in [-0.2, -0.15) is 0 Å². The van der Waals surface area contributed by atoms with Gasteiger partial charge in [0.25, 0.3) is 0 Å². The SMILES string of the molecule is CC(C)C1CCC(C)(OCCO)CC1. The summed E-state index contributed by atoms with van der Waals surface area (Å²) in [6.45, 7) is 7.43. The van der Waals surface area contributed by atoms with E-state index in [2.05, 4.69) is 20.8 Å². The molecule has 0 amide bonds. The van der Waals surface area contributed by atoms with Gasteiger partial charge in [-0.05, 0) is 44.4 Å². The van der Waals surface area contributed by atoms with Crippen LogP contribution in [0.1, 0.15) is 46.5 Å². The van der Waals surface area contributed by atoms with Crippen molar-refractivity contribution in [2.45, 2.75) is 52.1 Å². The van der Waals surface area contributed by atoms with Gasteiger partial charge in [0.2, 0.25) is 0 Å². The van der Waals surface area contributed by atoms with E-state index in [0.717, 1.165) is 24.7 Å². The fraction of sp³-hybridized carbons (Fsp3) is 1.00. The molecular formula is C12H24O2. The van der Waals surface area contributed by atoms with E-state index >= 15 is 0 Å².